The summed E-state index contributed by atoms with van der Waals surface area (Å²) < 4.78 is 7.19. The average molecular weight is 731 g/mol. The Balaban J connectivity index is 1.15. The van der Waals surface area contributed by atoms with Gasteiger partial charge in [-0.15, -0.1) is 0 Å². The maximum Gasteiger partial charge on any atom is 0.307 e. The van der Waals surface area contributed by atoms with Crippen LogP contribution in [0, 0.1) is 0 Å². The third kappa shape index (κ3) is 10.6. The van der Waals surface area contributed by atoms with Crippen molar-refractivity contribution in [2.24, 2.45) is 0 Å². The highest BCUT2D eigenvalue weighted by molar-refractivity contribution is 7.98. The lowest BCUT2D eigenvalue weighted by Crippen LogP contribution is -2.29. The smallest absolute Gasteiger partial charge is 0.307 e. The number of carbonyl (C=O) groups is 3. The van der Waals surface area contributed by atoms with E-state index in [-0.39, 0.29) is 17.8 Å². The highest BCUT2D eigenvalue weighted by atomic mass is 32.2. The van der Waals surface area contributed by atoms with Crippen molar-refractivity contribution >= 4 is 40.9 Å². The first-order chi connectivity index (χ1) is 25.6. The Labute approximate surface area is 315 Å². The van der Waals surface area contributed by atoms with Gasteiger partial charge in [0.05, 0.1) is 23.5 Å². The molecule has 0 bridgehead atoms. The summed E-state index contributed by atoms with van der Waals surface area (Å²) in [4.78, 5) is 46.2. The normalized spacial score (nSPS) is 13.0. The van der Waals surface area contributed by atoms with E-state index in [0.717, 1.165) is 54.0 Å². The first-order valence-corrected chi connectivity index (χ1v) is 19.2. The molecule has 3 aromatic carbocycles. The second-order valence-electron chi connectivity index (χ2n) is 14.1. The van der Waals surface area contributed by atoms with Gasteiger partial charge in [0, 0.05) is 72.1 Å². The van der Waals surface area contributed by atoms with Crippen molar-refractivity contribution in [3.63, 3.8) is 0 Å². The summed E-state index contributed by atoms with van der Waals surface area (Å²) in [7, 11) is 0. The summed E-state index contributed by atoms with van der Waals surface area (Å²) in [5.74, 6) is 0.610. The van der Waals surface area contributed by atoms with Crippen molar-refractivity contribution in [2.75, 3.05) is 29.1 Å². The molecule has 0 spiro atoms. The van der Waals surface area contributed by atoms with Gasteiger partial charge in [0.1, 0.15) is 5.60 Å². The van der Waals surface area contributed by atoms with Gasteiger partial charge in [-0.1, -0.05) is 24.3 Å². The Morgan fingerprint density at radius 1 is 0.811 bits per heavy atom. The molecular formula is C42H46N6O4S. The van der Waals surface area contributed by atoms with Crippen LogP contribution >= 0.6 is 11.8 Å². The number of hydrogen-bond acceptors (Lipinski definition) is 8. The van der Waals surface area contributed by atoms with Crippen molar-refractivity contribution in [2.45, 2.75) is 64.4 Å². The zero-order valence-electron chi connectivity index (χ0n) is 30.5. The molecule has 53 heavy (non-hydrogen) atoms. The maximum absolute atomic E-state index is 13.7. The molecule has 274 valence electrons. The van der Waals surface area contributed by atoms with Crippen molar-refractivity contribution in [3.05, 3.63) is 126 Å². The number of ether oxygens (including phenoxy) is 1. The lowest BCUT2D eigenvalue weighted by Gasteiger charge is -2.29. The van der Waals surface area contributed by atoms with Crippen LogP contribution in [-0.2, 0) is 21.8 Å². The summed E-state index contributed by atoms with van der Waals surface area (Å²) >= 11 is 1.62. The molecule has 1 aliphatic heterocycles. The van der Waals surface area contributed by atoms with E-state index in [1.807, 2.05) is 87.6 Å². The van der Waals surface area contributed by atoms with E-state index in [9.17, 15) is 14.4 Å². The van der Waals surface area contributed by atoms with Gasteiger partial charge in [-0.25, -0.2) is 4.68 Å². The van der Waals surface area contributed by atoms with Gasteiger partial charge >= 0.3 is 5.97 Å². The van der Waals surface area contributed by atoms with E-state index in [4.69, 9.17) is 4.74 Å². The zero-order chi connectivity index (χ0) is 37.2. The van der Waals surface area contributed by atoms with Crippen molar-refractivity contribution in [1.29, 1.82) is 0 Å². The van der Waals surface area contributed by atoms with Crippen molar-refractivity contribution in [1.82, 2.24) is 20.1 Å². The average Bonchev–Trinajstić information content (AvgIpc) is 3.71. The molecule has 10 nitrogen and oxygen atoms in total. The number of nitrogens with zero attached hydrogens (tertiary/aromatic N) is 4. The van der Waals surface area contributed by atoms with Gasteiger partial charge in [-0.05, 0) is 112 Å². The molecule has 3 heterocycles. The molecule has 0 atom stereocenters. The van der Waals surface area contributed by atoms with Crippen LogP contribution in [0.5, 0.6) is 0 Å². The van der Waals surface area contributed by atoms with Crippen LogP contribution < -0.4 is 15.5 Å². The molecule has 1 saturated heterocycles. The number of pyridine rings is 1. The predicted molar refractivity (Wildman–Crippen MR) is 211 cm³/mol. The van der Waals surface area contributed by atoms with Crippen molar-refractivity contribution < 1.29 is 19.1 Å². The number of anilines is 2. The van der Waals surface area contributed by atoms with Crippen LogP contribution in [0.15, 0.2) is 104 Å². The summed E-state index contributed by atoms with van der Waals surface area (Å²) in [6.07, 6.45) is 9.05. The molecule has 5 aromatic rings. The molecule has 2 aromatic heterocycles. The van der Waals surface area contributed by atoms with E-state index in [0.29, 0.717) is 47.0 Å². The lowest BCUT2D eigenvalue weighted by atomic mass is 10.0. The van der Waals surface area contributed by atoms with Crippen LogP contribution in [0.1, 0.15) is 78.3 Å². The fourth-order valence-electron chi connectivity index (χ4n) is 6.13. The highest BCUT2D eigenvalue weighted by Crippen LogP contribution is 2.33. The van der Waals surface area contributed by atoms with Crippen molar-refractivity contribution in [3.8, 4) is 16.9 Å². The molecular weight excluding hydrogens is 685 g/mol. The van der Waals surface area contributed by atoms with Crippen LogP contribution in [0.4, 0.5) is 11.4 Å². The molecule has 11 heteroatoms. The summed E-state index contributed by atoms with van der Waals surface area (Å²) in [5, 5.41) is 10.4. The Morgan fingerprint density at radius 2 is 1.58 bits per heavy atom. The molecule has 2 N–H and O–H groups in total. The number of aromatic nitrogens is 3. The molecule has 0 saturated carbocycles. The number of rotatable bonds is 13. The third-order valence-corrected chi connectivity index (χ3v) is 9.79. The SMILES string of the molecule is CC(C)(C)OC(=O)CCSCc1cccc(C(=O)Nc2ccc(N3CCCCC3)cc2-c2cc(C(=O)NCc3ccc(-n4cccn4)cc3)ccn2)c1. The van der Waals surface area contributed by atoms with Gasteiger partial charge in [0.25, 0.3) is 11.8 Å². The summed E-state index contributed by atoms with van der Waals surface area (Å²) in [6.45, 7) is 7.88. The molecule has 0 unspecified atom stereocenters. The third-order valence-electron chi connectivity index (χ3n) is 8.76. The van der Waals surface area contributed by atoms with Crippen LogP contribution in [-0.4, -0.2) is 57.0 Å². The van der Waals surface area contributed by atoms with Crippen LogP contribution in [0.3, 0.4) is 0 Å². The topological polar surface area (TPSA) is 118 Å². The first kappa shape index (κ1) is 37.3. The molecule has 0 radical (unpaired) electrons. The minimum atomic E-state index is -0.499. The minimum Gasteiger partial charge on any atom is -0.460 e. The van der Waals surface area contributed by atoms with Gasteiger partial charge in [-0.3, -0.25) is 19.4 Å². The molecule has 1 aliphatic rings. The Kier molecular flexibility index (Phi) is 12.3. The number of benzene rings is 3. The quantitative estimate of drug-likeness (QED) is 0.0923. The van der Waals surface area contributed by atoms with Gasteiger partial charge in [0.2, 0.25) is 0 Å². The number of piperidine rings is 1. The monoisotopic (exact) mass is 730 g/mol. The number of nitrogens with one attached hydrogen (secondary N) is 2. The van der Waals surface area contributed by atoms with E-state index in [2.05, 4.69) is 31.7 Å². The molecule has 2 amide bonds. The fourth-order valence-corrected chi connectivity index (χ4v) is 7.00. The Morgan fingerprint density at radius 3 is 2.34 bits per heavy atom. The number of thioether (sulfide) groups is 1. The summed E-state index contributed by atoms with van der Waals surface area (Å²) in [6, 6.07) is 26.8. The predicted octanol–water partition coefficient (Wildman–Crippen LogP) is 8.07. The number of hydrogen-bond donors (Lipinski definition) is 2. The number of carbonyl (C=O) groups excluding carboxylic acids is 3. The van der Waals surface area contributed by atoms with Crippen LogP contribution in [0.25, 0.3) is 16.9 Å². The molecule has 1 fully saturated rings. The number of amides is 2. The molecule has 6 rings (SSSR count). The summed E-state index contributed by atoms with van der Waals surface area (Å²) in [5.41, 5.74) is 6.38. The number of esters is 1. The second kappa shape index (κ2) is 17.4. The first-order valence-electron chi connectivity index (χ1n) is 18.0. The largest absolute Gasteiger partial charge is 0.460 e. The van der Waals surface area contributed by atoms with E-state index in [1.165, 1.54) is 6.42 Å². The van der Waals surface area contributed by atoms with Crippen LogP contribution in [0.2, 0.25) is 0 Å². The maximum atomic E-state index is 13.7. The standard InChI is InChI=1S/C42H46N6O4S/c1-42(2,3)52-39(49)18-24-53-29-31-9-7-10-32(25-31)41(51)46-37-16-15-35(47-21-5-4-6-22-47)27-36(37)38-26-33(17-20-43-38)40(50)44-28-30-11-13-34(14-12-30)48-23-8-19-45-48/h7-17,19-20,23,25-27H,4-6,18,21-22,24,28-29H2,1-3H3,(H,44,50)(H,46,51). The Bertz CT molecular complexity index is 2020. The minimum absolute atomic E-state index is 0.214. The zero-order valence-corrected chi connectivity index (χ0v) is 31.3. The van der Waals surface area contributed by atoms with E-state index < -0.39 is 5.60 Å². The Hall–Kier alpha value is -5.42. The van der Waals surface area contributed by atoms with Gasteiger partial charge in [-0.2, -0.15) is 16.9 Å². The van der Waals surface area contributed by atoms with Gasteiger partial charge in [0.15, 0.2) is 0 Å². The molecule has 0 aliphatic carbocycles. The highest BCUT2D eigenvalue weighted by Gasteiger charge is 2.19. The lowest BCUT2D eigenvalue weighted by molar-refractivity contribution is -0.154. The van der Waals surface area contributed by atoms with E-state index in [1.54, 1.807) is 47.0 Å². The van der Waals surface area contributed by atoms with E-state index >= 15 is 0 Å². The second-order valence-corrected chi connectivity index (χ2v) is 15.2. The fraction of sp³-hybridized carbons (Fsp3) is 0.310. The van der Waals surface area contributed by atoms with Gasteiger partial charge < -0.3 is 20.3 Å².